The highest BCUT2D eigenvalue weighted by molar-refractivity contribution is 7.80. The minimum Gasteiger partial charge on any atom is -0.462 e. The first-order chi connectivity index (χ1) is 16.9. The van der Waals surface area contributed by atoms with Crippen LogP contribution in [0.1, 0.15) is 27.7 Å². The summed E-state index contributed by atoms with van der Waals surface area (Å²) in [6.07, 6.45) is 0. The second-order valence-electron chi connectivity index (χ2n) is 8.22. The summed E-state index contributed by atoms with van der Waals surface area (Å²) < 4.78 is 5.40. The molecule has 1 fully saturated rings. The van der Waals surface area contributed by atoms with Gasteiger partial charge in [-0.25, -0.2) is 4.79 Å². The highest BCUT2D eigenvalue weighted by Gasteiger charge is 2.27. The van der Waals surface area contributed by atoms with Crippen LogP contribution in [0.3, 0.4) is 0 Å². The third-order valence-electron chi connectivity index (χ3n) is 5.95. The molecule has 3 aromatic rings. The number of hydrogen-bond donors (Lipinski definition) is 1. The van der Waals surface area contributed by atoms with E-state index in [-0.39, 0.29) is 5.97 Å². The first-order valence-electron chi connectivity index (χ1n) is 11.5. The molecule has 2 heterocycles. The molecule has 0 unspecified atom stereocenters. The number of nitrogens with one attached hydrogen (secondary N) is 1. The molecule has 1 aliphatic heterocycles. The number of esters is 1. The summed E-state index contributed by atoms with van der Waals surface area (Å²) in [5.74, 6) is -0.345. The molecule has 0 bridgehead atoms. The number of halogens is 2. The van der Waals surface area contributed by atoms with Gasteiger partial charge in [0.15, 0.2) is 5.11 Å². The Kier molecular flexibility index (Phi) is 8.68. The lowest BCUT2D eigenvalue weighted by Gasteiger charge is -2.36. The van der Waals surface area contributed by atoms with Gasteiger partial charge in [-0.3, -0.25) is 4.90 Å². The Morgan fingerprint density at radius 3 is 2.34 bits per heavy atom. The number of piperazine rings is 1. The van der Waals surface area contributed by atoms with Crippen molar-refractivity contribution >= 4 is 62.8 Å². The third kappa shape index (κ3) is 5.98. The predicted octanol–water partition coefficient (Wildman–Crippen LogP) is 6.72. The molecule has 0 radical (unpaired) electrons. The van der Waals surface area contributed by atoms with E-state index >= 15 is 0 Å². The summed E-state index contributed by atoms with van der Waals surface area (Å²) in [6, 6.07) is 15.5. The summed E-state index contributed by atoms with van der Waals surface area (Å²) in [5, 5.41) is 6.04. The molecule has 0 saturated carbocycles. The summed E-state index contributed by atoms with van der Waals surface area (Å²) in [5.41, 5.74) is 3.36. The fourth-order valence-electron chi connectivity index (χ4n) is 4.18. The molecule has 2 aromatic carbocycles. The molecule has 35 heavy (non-hydrogen) atoms. The Balaban J connectivity index is 1.47. The van der Waals surface area contributed by atoms with Crippen molar-refractivity contribution in [3.8, 4) is 11.1 Å². The van der Waals surface area contributed by atoms with Gasteiger partial charge in [0.1, 0.15) is 10.6 Å². The number of benzene rings is 2. The zero-order valence-electron chi connectivity index (χ0n) is 19.6. The van der Waals surface area contributed by atoms with Crippen LogP contribution < -0.4 is 5.32 Å². The summed E-state index contributed by atoms with van der Waals surface area (Å²) >= 11 is 20.0. The highest BCUT2D eigenvalue weighted by atomic mass is 35.5. The fourth-order valence-corrected chi connectivity index (χ4v) is 6.10. The molecule has 184 valence electrons. The molecule has 5 nitrogen and oxygen atoms in total. The van der Waals surface area contributed by atoms with E-state index in [0.29, 0.717) is 33.9 Å². The largest absolute Gasteiger partial charge is 0.462 e. The minimum atomic E-state index is -0.345. The number of thiocarbonyl (C=S) groups is 1. The van der Waals surface area contributed by atoms with Crippen LogP contribution in [0.2, 0.25) is 10.0 Å². The number of aryl methyl sites for hydroxylation is 1. The van der Waals surface area contributed by atoms with Gasteiger partial charge in [-0.05, 0) is 43.8 Å². The molecule has 4 rings (SSSR count). The van der Waals surface area contributed by atoms with Gasteiger partial charge in [0.05, 0.1) is 6.61 Å². The zero-order chi connectivity index (χ0) is 24.9. The van der Waals surface area contributed by atoms with Crippen molar-refractivity contribution in [2.45, 2.75) is 20.4 Å². The van der Waals surface area contributed by atoms with Gasteiger partial charge >= 0.3 is 5.97 Å². The van der Waals surface area contributed by atoms with Gasteiger partial charge in [0.25, 0.3) is 0 Å². The van der Waals surface area contributed by atoms with Crippen molar-refractivity contribution in [3.63, 3.8) is 0 Å². The van der Waals surface area contributed by atoms with Crippen molar-refractivity contribution in [3.05, 3.63) is 74.6 Å². The molecular formula is C26H27Cl2N3O2S2. The smallest absolute Gasteiger partial charge is 0.341 e. The van der Waals surface area contributed by atoms with E-state index in [1.54, 1.807) is 0 Å². The standard InChI is InChI=1S/C26H27Cl2N3O2S2/c1-3-33-25(32)23-22(18-8-5-4-6-9-18)17(2)35-24(23)29-26(34)31-14-12-30(13-15-31)16-19-20(27)10-7-11-21(19)28/h4-11H,3,12-16H2,1-2H3,(H,29,34). The Labute approximate surface area is 225 Å². The average molecular weight is 549 g/mol. The second kappa shape index (κ2) is 11.7. The van der Waals surface area contributed by atoms with Gasteiger partial charge < -0.3 is 15.0 Å². The van der Waals surface area contributed by atoms with Crippen LogP contribution in [0.5, 0.6) is 0 Å². The maximum Gasteiger partial charge on any atom is 0.341 e. The number of ether oxygens (including phenoxy) is 1. The summed E-state index contributed by atoms with van der Waals surface area (Å²) in [6.45, 7) is 8.01. The number of anilines is 1. The lowest BCUT2D eigenvalue weighted by molar-refractivity contribution is 0.0529. The molecule has 0 amide bonds. The minimum absolute atomic E-state index is 0.309. The van der Waals surface area contributed by atoms with Crippen LogP contribution in [0, 0.1) is 6.92 Å². The summed E-state index contributed by atoms with van der Waals surface area (Å²) in [4.78, 5) is 18.4. The van der Waals surface area contributed by atoms with E-state index < -0.39 is 0 Å². The Bertz CT molecular complexity index is 1190. The van der Waals surface area contributed by atoms with Crippen molar-refractivity contribution in [1.29, 1.82) is 0 Å². The van der Waals surface area contributed by atoms with Crippen molar-refractivity contribution in [2.24, 2.45) is 0 Å². The van der Waals surface area contributed by atoms with Gasteiger partial charge in [-0.15, -0.1) is 11.3 Å². The van der Waals surface area contributed by atoms with Crippen LogP contribution in [-0.2, 0) is 11.3 Å². The van der Waals surface area contributed by atoms with Crippen LogP contribution in [0.4, 0.5) is 5.00 Å². The maximum absolute atomic E-state index is 13.0. The number of nitrogens with zero attached hydrogens (tertiary/aromatic N) is 2. The number of thiophene rings is 1. The number of carbonyl (C=O) groups is 1. The third-order valence-corrected chi connectivity index (χ3v) is 8.04. The molecule has 9 heteroatoms. The van der Waals surface area contributed by atoms with Gasteiger partial charge in [0.2, 0.25) is 0 Å². The first kappa shape index (κ1) is 25.9. The predicted molar refractivity (Wildman–Crippen MR) is 150 cm³/mol. The van der Waals surface area contributed by atoms with E-state index in [1.807, 2.05) is 62.4 Å². The van der Waals surface area contributed by atoms with Crippen LogP contribution in [0.15, 0.2) is 48.5 Å². The van der Waals surface area contributed by atoms with Crippen molar-refractivity contribution in [2.75, 3.05) is 38.1 Å². The molecule has 1 N–H and O–H groups in total. The molecule has 1 saturated heterocycles. The fraction of sp³-hybridized carbons (Fsp3) is 0.308. The number of rotatable bonds is 6. The molecule has 0 spiro atoms. The Hall–Kier alpha value is -2.16. The van der Waals surface area contributed by atoms with Crippen molar-refractivity contribution < 1.29 is 9.53 Å². The first-order valence-corrected chi connectivity index (χ1v) is 13.4. The molecule has 1 aromatic heterocycles. The molecule has 0 aliphatic carbocycles. The van der Waals surface area contributed by atoms with E-state index in [1.165, 1.54) is 11.3 Å². The Morgan fingerprint density at radius 1 is 1.06 bits per heavy atom. The second-order valence-corrected chi connectivity index (χ2v) is 10.6. The van der Waals surface area contributed by atoms with Crippen LogP contribution >= 0.6 is 46.8 Å². The molecule has 0 atom stereocenters. The zero-order valence-corrected chi connectivity index (χ0v) is 22.8. The lowest BCUT2D eigenvalue weighted by Crippen LogP contribution is -2.49. The van der Waals surface area contributed by atoms with Gasteiger partial charge in [-0.1, -0.05) is 59.6 Å². The van der Waals surface area contributed by atoms with E-state index in [9.17, 15) is 4.79 Å². The summed E-state index contributed by atoms with van der Waals surface area (Å²) in [7, 11) is 0. The van der Waals surface area contributed by atoms with E-state index in [2.05, 4.69) is 15.1 Å². The highest BCUT2D eigenvalue weighted by Crippen LogP contribution is 2.40. The SMILES string of the molecule is CCOC(=O)c1c(NC(=S)N2CCN(Cc3c(Cl)cccc3Cl)CC2)sc(C)c1-c1ccccc1. The monoisotopic (exact) mass is 547 g/mol. The van der Waals surface area contributed by atoms with Gasteiger partial charge in [0, 0.05) is 58.8 Å². The average Bonchev–Trinajstić information content (AvgIpc) is 3.18. The molecule has 1 aliphatic rings. The maximum atomic E-state index is 13.0. The van der Waals surface area contributed by atoms with Crippen LogP contribution in [-0.4, -0.2) is 53.7 Å². The topological polar surface area (TPSA) is 44.8 Å². The normalized spacial score (nSPS) is 14.1. The van der Waals surface area contributed by atoms with Crippen molar-refractivity contribution in [1.82, 2.24) is 9.80 Å². The van der Waals surface area contributed by atoms with E-state index in [4.69, 9.17) is 40.2 Å². The lowest BCUT2D eigenvalue weighted by atomic mass is 10.0. The number of hydrogen-bond acceptors (Lipinski definition) is 5. The van der Waals surface area contributed by atoms with Crippen LogP contribution in [0.25, 0.3) is 11.1 Å². The van der Waals surface area contributed by atoms with Gasteiger partial charge in [-0.2, -0.15) is 0 Å². The quantitative estimate of drug-likeness (QED) is 0.273. The number of carbonyl (C=O) groups excluding carboxylic acids is 1. The van der Waals surface area contributed by atoms with E-state index in [0.717, 1.165) is 52.7 Å². The Morgan fingerprint density at radius 2 is 1.71 bits per heavy atom. The molecular weight excluding hydrogens is 521 g/mol.